The highest BCUT2D eigenvalue weighted by Gasteiger charge is 2.26. The van der Waals surface area contributed by atoms with E-state index in [-0.39, 0.29) is 6.61 Å². The van der Waals surface area contributed by atoms with Gasteiger partial charge in [0.2, 0.25) is 0 Å². The Hall–Kier alpha value is -1.22. The molecule has 2 heterocycles. The quantitative estimate of drug-likeness (QED) is 0.910. The fraction of sp³-hybridized carbons (Fsp3) is 0.625. The molecule has 3 heteroatoms. The summed E-state index contributed by atoms with van der Waals surface area (Å²) in [4.78, 5) is 0. The average molecular weight is 262 g/mol. The van der Waals surface area contributed by atoms with Crippen LogP contribution in [0.2, 0.25) is 0 Å². The lowest BCUT2D eigenvalue weighted by molar-refractivity contribution is 0.263. The summed E-state index contributed by atoms with van der Waals surface area (Å²) in [6.07, 6.45) is 6.02. The molecule has 0 aliphatic carbocycles. The minimum atomic E-state index is 0.234. The third-order valence-corrected chi connectivity index (χ3v) is 4.20. The molecule has 0 spiro atoms. The van der Waals surface area contributed by atoms with Crippen LogP contribution in [0.25, 0.3) is 0 Å². The first-order chi connectivity index (χ1) is 9.33. The highest BCUT2D eigenvalue weighted by Crippen LogP contribution is 2.43. The summed E-state index contributed by atoms with van der Waals surface area (Å²) in [5.41, 5.74) is 5.24. The molecule has 0 saturated heterocycles. The molecule has 0 unspecified atom stereocenters. The van der Waals surface area contributed by atoms with Gasteiger partial charge in [-0.1, -0.05) is 0 Å². The molecule has 2 aliphatic heterocycles. The molecule has 0 saturated carbocycles. The van der Waals surface area contributed by atoms with Crippen molar-refractivity contribution < 1.29 is 14.6 Å². The Labute approximate surface area is 114 Å². The smallest absolute Gasteiger partial charge is 0.126 e. The number of ether oxygens (including phenoxy) is 2. The van der Waals surface area contributed by atoms with Gasteiger partial charge in [-0.15, -0.1) is 0 Å². The zero-order chi connectivity index (χ0) is 13.2. The molecule has 1 N–H and O–H groups in total. The van der Waals surface area contributed by atoms with Crippen LogP contribution in [0.4, 0.5) is 0 Å². The average Bonchev–Trinajstić information content (AvgIpc) is 2.47. The lowest BCUT2D eigenvalue weighted by Gasteiger charge is -2.30. The van der Waals surface area contributed by atoms with Gasteiger partial charge in [0, 0.05) is 23.3 Å². The van der Waals surface area contributed by atoms with E-state index < -0.39 is 0 Å². The highest BCUT2D eigenvalue weighted by molar-refractivity contribution is 5.60. The van der Waals surface area contributed by atoms with Gasteiger partial charge in [0.15, 0.2) is 0 Å². The van der Waals surface area contributed by atoms with E-state index in [0.29, 0.717) is 0 Å². The topological polar surface area (TPSA) is 38.7 Å². The fourth-order valence-electron chi connectivity index (χ4n) is 3.29. The Balaban J connectivity index is 2.13. The summed E-state index contributed by atoms with van der Waals surface area (Å²) in [6, 6.07) is 0. The summed E-state index contributed by atoms with van der Waals surface area (Å²) in [6.45, 7) is 4.04. The first kappa shape index (κ1) is 12.8. The Morgan fingerprint density at radius 2 is 1.68 bits per heavy atom. The molecule has 0 amide bonds. The normalized spacial score (nSPS) is 17.2. The number of aliphatic hydroxyl groups is 1. The summed E-state index contributed by atoms with van der Waals surface area (Å²) < 4.78 is 11.9. The maximum Gasteiger partial charge on any atom is 0.126 e. The second-order valence-corrected chi connectivity index (χ2v) is 5.45. The van der Waals surface area contributed by atoms with Crippen molar-refractivity contribution in [1.29, 1.82) is 0 Å². The fourth-order valence-corrected chi connectivity index (χ4v) is 3.29. The Kier molecular flexibility index (Phi) is 3.65. The van der Waals surface area contributed by atoms with Gasteiger partial charge in [0.05, 0.1) is 13.2 Å². The second-order valence-electron chi connectivity index (χ2n) is 5.45. The van der Waals surface area contributed by atoms with Gasteiger partial charge in [0.25, 0.3) is 0 Å². The van der Waals surface area contributed by atoms with Crippen LogP contribution in [0.3, 0.4) is 0 Å². The minimum Gasteiger partial charge on any atom is -0.493 e. The van der Waals surface area contributed by atoms with Crippen molar-refractivity contribution in [3.8, 4) is 11.5 Å². The molecule has 0 aromatic heterocycles. The number of aliphatic hydroxyl groups excluding tert-OH is 1. The summed E-state index contributed by atoms with van der Waals surface area (Å²) in [7, 11) is 0. The number of rotatable bonds is 3. The first-order valence-electron chi connectivity index (χ1n) is 7.36. The summed E-state index contributed by atoms with van der Waals surface area (Å²) in [5.74, 6) is 2.20. The number of hydrogen-bond acceptors (Lipinski definition) is 3. The van der Waals surface area contributed by atoms with Gasteiger partial charge in [-0.3, -0.25) is 0 Å². The zero-order valence-electron chi connectivity index (χ0n) is 11.6. The molecule has 0 radical (unpaired) electrons. The molecule has 19 heavy (non-hydrogen) atoms. The number of benzene rings is 1. The van der Waals surface area contributed by atoms with E-state index in [2.05, 4.69) is 6.92 Å². The minimum absolute atomic E-state index is 0.234. The Morgan fingerprint density at radius 3 is 2.42 bits per heavy atom. The molecule has 1 aromatic rings. The van der Waals surface area contributed by atoms with E-state index in [1.54, 1.807) is 0 Å². The second kappa shape index (κ2) is 5.41. The van der Waals surface area contributed by atoms with Gasteiger partial charge in [0.1, 0.15) is 11.5 Å². The molecule has 104 valence electrons. The van der Waals surface area contributed by atoms with Gasteiger partial charge < -0.3 is 14.6 Å². The van der Waals surface area contributed by atoms with E-state index in [4.69, 9.17) is 14.6 Å². The van der Waals surface area contributed by atoms with Crippen LogP contribution < -0.4 is 9.47 Å². The molecule has 0 atom stereocenters. The van der Waals surface area contributed by atoms with E-state index >= 15 is 0 Å². The van der Waals surface area contributed by atoms with Crippen molar-refractivity contribution in [3.05, 3.63) is 22.3 Å². The van der Waals surface area contributed by atoms with Crippen molar-refractivity contribution in [1.82, 2.24) is 0 Å². The van der Waals surface area contributed by atoms with E-state index in [0.717, 1.165) is 63.2 Å². The molecular weight excluding hydrogens is 240 g/mol. The lowest BCUT2D eigenvalue weighted by Crippen LogP contribution is -2.19. The van der Waals surface area contributed by atoms with Crippen LogP contribution in [-0.2, 0) is 19.3 Å². The van der Waals surface area contributed by atoms with Crippen molar-refractivity contribution >= 4 is 0 Å². The lowest BCUT2D eigenvalue weighted by atomic mass is 9.87. The Morgan fingerprint density at radius 1 is 1.00 bits per heavy atom. The third-order valence-electron chi connectivity index (χ3n) is 4.20. The standard InChI is InChI=1S/C16H22O3/c1-11-12-6-3-10-19-16(12)14(5-2-8-17)13-7-4-9-18-15(11)13/h17H,2-10H2,1H3. The third kappa shape index (κ3) is 2.20. The van der Waals surface area contributed by atoms with Crippen molar-refractivity contribution in [2.75, 3.05) is 19.8 Å². The van der Waals surface area contributed by atoms with E-state index in [9.17, 15) is 0 Å². The molecule has 2 aliphatic rings. The van der Waals surface area contributed by atoms with Gasteiger partial charge in [-0.25, -0.2) is 0 Å². The predicted octanol–water partition coefficient (Wildman–Crippen LogP) is 2.57. The monoisotopic (exact) mass is 262 g/mol. The van der Waals surface area contributed by atoms with Crippen molar-refractivity contribution in [2.45, 2.75) is 45.4 Å². The number of fused-ring (bicyclic) bond motifs is 2. The molecule has 0 bridgehead atoms. The van der Waals surface area contributed by atoms with Crippen LogP contribution in [0.1, 0.15) is 41.5 Å². The first-order valence-corrected chi connectivity index (χ1v) is 7.36. The van der Waals surface area contributed by atoms with Crippen LogP contribution in [0.5, 0.6) is 11.5 Å². The largest absolute Gasteiger partial charge is 0.493 e. The highest BCUT2D eigenvalue weighted by atomic mass is 16.5. The molecule has 0 fully saturated rings. The maximum absolute atomic E-state index is 9.12. The van der Waals surface area contributed by atoms with Gasteiger partial charge in [-0.05, 0) is 51.0 Å². The molecule has 3 nitrogen and oxygen atoms in total. The number of hydrogen-bond donors (Lipinski definition) is 1. The maximum atomic E-state index is 9.12. The molecule has 1 aromatic carbocycles. The Bertz CT molecular complexity index is 442. The van der Waals surface area contributed by atoms with Gasteiger partial charge in [-0.2, -0.15) is 0 Å². The zero-order valence-corrected chi connectivity index (χ0v) is 11.6. The van der Waals surface area contributed by atoms with Crippen molar-refractivity contribution in [3.63, 3.8) is 0 Å². The molecule has 3 rings (SSSR count). The van der Waals surface area contributed by atoms with E-state index in [1.807, 2.05) is 0 Å². The van der Waals surface area contributed by atoms with Crippen LogP contribution >= 0.6 is 0 Å². The van der Waals surface area contributed by atoms with Crippen molar-refractivity contribution in [2.24, 2.45) is 0 Å². The van der Waals surface area contributed by atoms with Gasteiger partial charge >= 0.3 is 0 Å². The predicted molar refractivity (Wildman–Crippen MR) is 74.2 cm³/mol. The molecular formula is C16H22O3. The van der Waals surface area contributed by atoms with Crippen LogP contribution in [0.15, 0.2) is 0 Å². The SMILES string of the molecule is Cc1c2c(c(CCCO)c3c1OCCC3)OCCC2. The summed E-state index contributed by atoms with van der Waals surface area (Å²) >= 11 is 0. The van der Waals surface area contributed by atoms with Crippen LogP contribution in [-0.4, -0.2) is 24.9 Å². The summed E-state index contributed by atoms with van der Waals surface area (Å²) in [5, 5.41) is 9.12. The van der Waals surface area contributed by atoms with Crippen LogP contribution in [0, 0.1) is 6.92 Å². The van der Waals surface area contributed by atoms with E-state index in [1.165, 1.54) is 22.3 Å².